The average molecular weight is 248 g/mol. The van der Waals surface area contributed by atoms with Crippen LogP contribution in [0.2, 0.25) is 0 Å². The van der Waals surface area contributed by atoms with Gasteiger partial charge in [0.1, 0.15) is 16.4 Å². The Morgan fingerprint density at radius 3 is 2.88 bits per heavy atom. The van der Waals surface area contributed by atoms with Gasteiger partial charge in [0.05, 0.1) is 17.4 Å². The summed E-state index contributed by atoms with van der Waals surface area (Å²) in [6, 6.07) is 3.05. The molecule has 86 valence electrons. The zero-order valence-electron chi connectivity index (χ0n) is 8.57. The standard InChI is InChI=1S/C10H8N4O2S/c11-6-3-7(10(15)16)9(13-4-6)17-8-1-2-12-5-14-8/h1-5H,11H2,(H,15,16). The highest BCUT2D eigenvalue weighted by atomic mass is 32.2. The molecule has 0 unspecified atom stereocenters. The minimum Gasteiger partial charge on any atom is -0.478 e. The molecule has 2 rings (SSSR count). The lowest BCUT2D eigenvalue weighted by molar-refractivity contribution is 0.0692. The van der Waals surface area contributed by atoms with Crippen molar-refractivity contribution >= 4 is 23.4 Å². The van der Waals surface area contributed by atoms with E-state index in [1.807, 2.05) is 0 Å². The molecule has 0 fully saturated rings. The van der Waals surface area contributed by atoms with Crippen LogP contribution in [0.3, 0.4) is 0 Å². The first-order chi connectivity index (χ1) is 8.16. The summed E-state index contributed by atoms with van der Waals surface area (Å²) in [5.74, 6) is -1.07. The number of pyridine rings is 1. The number of carboxylic acids is 1. The first-order valence-corrected chi connectivity index (χ1v) is 5.41. The van der Waals surface area contributed by atoms with E-state index in [2.05, 4.69) is 15.0 Å². The minimum atomic E-state index is -1.07. The van der Waals surface area contributed by atoms with Crippen molar-refractivity contribution in [1.82, 2.24) is 15.0 Å². The maximum Gasteiger partial charge on any atom is 0.338 e. The highest BCUT2D eigenvalue weighted by molar-refractivity contribution is 7.99. The van der Waals surface area contributed by atoms with Gasteiger partial charge in [0.15, 0.2) is 0 Å². The van der Waals surface area contributed by atoms with Crippen LogP contribution in [0.5, 0.6) is 0 Å². The normalized spacial score (nSPS) is 10.1. The van der Waals surface area contributed by atoms with E-state index in [4.69, 9.17) is 10.8 Å². The maximum absolute atomic E-state index is 11.0. The summed E-state index contributed by atoms with van der Waals surface area (Å²) in [4.78, 5) is 22.8. The van der Waals surface area contributed by atoms with Gasteiger partial charge in [0, 0.05) is 6.20 Å². The molecule has 0 aromatic carbocycles. The number of hydrogen-bond donors (Lipinski definition) is 2. The molecular weight excluding hydrogens is 240 g/mol. The highest BCUT2D eigenvalue weighted by Gasteiger charge is 2.13. The molecule has 6 nitrogen and oxygen atoms in total. The Hall–Kier alpha value is -2.15. The number of aromatic carboxylic acids is 1. The molecule has 2 aromatic rings. The minimum absolute atomic E-state index is 0.0635. The average Bonchev–Trinajstić information content (AvgIpc) is 2.32. The van der Waals surface area contributed by atoms with Crippen LogP contribution >= 0.6 is 11.8 Å². The fourth-order valence-corrected chi connectivity index (χ4v) is 1.93. The Labute approximate surface area is 101 Å². The first kappa shape index (κ1) is 11.3. The molecule has 0 amide bonds. The third kappa shape index (κ3) is 2.70. The second-order valence-corrected chi connectivity index (χ2v) is 4.09. The molecule has 0 aliphatic heterocycles. The number of aromatic nitrogens is 3. The Morgan fingerprint density at radius 2 is 2.24 bits per heavy atom. The molecule has 0 saturated carbocycles. The SMILES string of the molecule is Nc1cnc(Sc2ccncn2)c(C(=O)O)c1. The summed E-state index contributed by atoms with van der Waals surface area (Å²) >= 11 is 1.15. The number of anilines is 1. The Bertz CT molecular complexity index is 547. The van der Waals surface area contributed by atoms with E-state index in [0.29, 0.717) is 15.7 Å². The monoisotopic (exact) mass is 248 g/mol. The number of nitrogens with two attached hydrogens (primary N) is 1. The summed E-state index contributed by atoms with van der Waals surface area (Å²) in [6.07, 6.45) is 4.38. The van der Waals surface area contributed by atoms with E-state index in [9.17, 15) is 4.79 Å². The Balaban J connectivity index is 2.36. The van der Waals surface area contributed by atoms with Crippen LogP contribution in [-0.2, 0) is 0 Å². The second-order valence-electron chi connectivity index (χ2n) is 3.08. The topological polar surface area (TPSA) is 102 Å². The van der Waals surface area contributed by atoms with E-state index >= 15 is 0 Å². The Kier molecular flexibility index (Phi) is 3.20. The van der Waals surface area contributed by atoms with Gasteiger partial charge in [-0.15, -0.1) is 0 Å². The summed E-state index contributed by atoms with van der Waals surface area (Å²) in [5, 5.41) is 10.0. The zero-order chi connectivity index (χ0) is 12.3. The molecule has 0 saturated heterocycles. The van der Waals surface area contributed by atoms with Gasteiger partial charge in [0.25, 0.3) is 0 Å². The summed E-state index contributed by atoms with van der Waals surface area (Å²) in [6.45, 7) is 0. The number of carbonyl (C=O) groups is 1. The first-order valence-electron chi connectivity index (χ1n) is 4.59. The van der Waals surface area contributed by atoms with Crippen LogP contribution in [-0.4, -0.2) is 26.0 Å². The van der Waals surface area contributed by atoms with Crippen molar-refractivity contribution in [2.75, 3.05) is 5.73 Å². The van der Waals surface area contributed by atoms with Crippen LogP contribution in [0.4, 0.5) is 5.69 Å². The van der Waals surface area contributed by atoms with Gasteiger partial charge < -0.3 is 10.8 Å². The van der Waals surface area contributed by atoms with Crippen LogP contribution < -0.4 is 5.73 Å². The lowest BCUT2D eigenvalue weighted by Gasteiger charge is -2.04. The van der Waals surface area contributed by atoms with E-state index in [1.165, 1.54) is 18.6 Å². The van der Waals surface area contributed by atoms with Gasteiger partial charge in [-0.2, -0.15) is 0 Å². The van der Waals surface area contributed by atoms with Gasteiger partial charge in [-0.3, -0.25) is 0 Å². The number of rotatable bonds is 3. The van der Waals surface area contributed by atoms with Crippen molar-refractivity contribution in [3.63, 3.8) is 0 Å². The van der Waals surface area contributed by atoms with E-state index in [1.54, 1.807) is 12.3 Å². The van der Waals surface area contributed by atoms with E-state index < -0.39 is 5.97 Å². The third-order valence-electron chi connectivity index (χ3n) is 1.86. The van der Waals surface area contributed by atoms with Crippen LogP contribution in [0.15, 0.2) is 40.9 Å². The second kappa shape index (κ2) is 4.79. The van der Waals surface area contributed by atoms with Gasteiger partial charge >= 0.3 is 5.97 Å². The quantitative estimate of drug-likeness (QED) is 0.789. The smallest absolute Gasteiger partial charge is 0.338 e. The van der Waals surface area contributed by atoms with Crippen molar-refractivity contribution < 1.29 is 9.90 Å². The Morgan fingerprint density at radius 1 is 1.41 bits per heavy atom. The molecule has 0 bridgehead atoms. The van der Waals surface area contributed by atoms with Gasteiger partial charge in [-0.05, 0) is 23.9 Å². The maximum atomic E-state index is 11.0. The highest BCUT2D eigenvalue weighted by Crippen LogP contribution is 2.27. The molecule has 0 atom stereocenters. The molecule has 0 aliphatic carbocycles. The molecule has 2 heterocycles. The van der Waals surface area contributed by atoms with Gasteiger partial charge in [0.2, 0.25) is 0 Å². The van der Waals surface area contributed by atoms with Gasteiger partial charge in [-0.25, -0.2) is 19.7 Å². The number of nitrogens with zero attached hydrogens (tertiary/aromatic N) is 3. The fraction of sp³-hybridized carbons (Fsp3) is 0. The lowest BCUT2D eigenvalue weighted by atomic mass is 10.3. The van der Waals surface area contributed by atoms with Crippen molar-refractivity contribution in [2.45, 2.75) is 10.1 Å². The number of hydrogen-bond acceptors (Lipinski definition) is 6. The lowest BCUT2D eigenvalue weighted by Crippen LogP contribution is -2.02. The van der Waals surface area contributed by atoms with Crippen LogP contribution in [0, 0.1) is 0 Å². The molecule has 2 aromatic heterocycles. The van der Waals surface area contributed by atoms with E-state index in [0.717, 1.165) is 11.8 Å². The summed E-state index contributed by atoms with van der Waals surface area (Å²) in [5.41, 5.74) is 5.88. The molecule has 0 radical (unpaired) electrons. The molecule has 0 aliphatic rings. The van der Waals surface area contributed by atoms with Crippen molar-refractivity contribution in [3.8, 4) is 0 Å². The predicted molar refractivity (Wildman–Crippen MR) is 61.8 cm³/mol. The van der Waals surface area contributed by atoms with Crippen molar-refractivity contribution in [3.05, 3.63) is 36.4 Å². The van der Waals surface area contributed by atoms with Gasteiger partial charge in [-0.1, -0.05) is 0 Å². The van der Waals surface area contributed by atoms with Crippen molar-refractivity contribution in [1.29, 1.82) is 0 Å². The third-order valence-corrected chi connectivity index (χ3v) is 2.83. The molecular formula is C10H8N4O2S. The van der Waals surface area contributed by atoms with E-state index in [-0.39, 0.29) is 5.56 Å². The number of carboxylic acid groups (broad SMARTS) is 1. The van der Waals surface area contributed by atoms with Crippen molar-refractivity contribution in [2.24, 2.45) is 0 Å². The molecule has 17 heavy (non-hydrogen) atoms. The summed E-state index contributed by atoms with van der Waals surface area (Å²) < 4.78 is 0. The number of nitrogen functional groups attached to an aromatic ring is 1. The largest absolute Gasteiger partial charge is 0.478 e. The van der Waals surface area contributed by atoms with Crippen LogP contribution in [0.25, 0.3) is 0 Å². The molecule has 7 heteroatoms. The molecule has 0 spiro atoms. The summed E-state index contributed by atoms with van der Waals surface area (Å²) in [7, 11) is 0. The predicted octanol–water partition coefficient (Wildman–Crippen LogP) is 1.30. The zero-order valence-corrected chi connectivity index (χ0v) is 9.39. The molecule has 3 N–H and O–H groups in total. The van der Waals surface area contributed by atoms with Crippen LogP contribution in [0.1, 0.15) is 10.4 Å². The fourth-order valence-electron chi connectivity index (χ4n) is 1.14.